The number of hydrogen-bond acceptors (Lipinski definition) is 2. The Hall–Kier alpha value is -1.81. The van der Waals surface area contributed by atoms with Crippen molar-refractivity contribution in [3.63, 3.8) is 0 Å². The van der Waals surface area contributed by atoms with Crippen molar-refractivity contribution in [2.75, 3.05) is 20.6 Å². The average Bonchev–Trinajstić information content (AvgIpc) is 2.68. The van der Waals surface area contributed by atoms with Crippen molar-refractivity contribution in [1.29, 1.82) is 0 Å². The normalized spacial score (nSPS) is 11.3. The fourth-order valence-electron chi connectivity index (χ4n) is 2.20. The lowest BCUT2D eigenvalue weighted by atomic mass is 10.2. The van der Waals surface area contributed by atoms with Crippen LogP contribution in [0.4, 0.5) is 0 Å². The highest BCUT2D eigenvalue weighted by Gasteiger charge is 2.12. The first-order valence-electron chi connectivity index (χ1n) is 6.12. The van der Waals surface area contributed by atoms with Crippen LogP contribution < -0.4 is 5.73 Å². The van der Waals surface area contributed by atoms with E-state index < -0.39 is 0 Å². The van der Waals surface area contributed by atoms with Gasteiger partial charge in [0, 0.05) is 17.4 Å². The number of carbonyl (C=O) groups is 1. The lowest BCUT2D eigenvalue weighted by Gasteiger charge is -2.12. The predicted molar refractivity (Wildman–Crippen MR) is 73.6 cm³/mol. The Kier molecular flexibility index (Phi) is 3.67. The van der Waals surface area contributed by atoms with E-state index in [9.17, 15) is 4.79 Å². The van der Waals surface area contributed by atoms with Crippen LogP contribution in [-0.2, 0) is 6.54 Å². The molecule has 0 aliphatic carbocycles. The second-order valence-electron chi connectivity index (χ2n) is 4.76. The van der Waals surface area contributed by atoms with Gasteiger partial charge in [-0.15, -0.1) is 0 Å². The standard InChI is InChI=1S/C14H19N3O/c1-16(2)8-5-9-17-12-7-4-3-6-11(12)10-13(17)14(15)18/h3-4,6-7,10H,5,8-9H2,1-2H3,(H2,15,18). The largest absolute Gasteiger partial charge is 0.364 e. The first-order valence-corrected chi connectivity index (χ1v) is 6.12. The molecule has 96 valence electrons. The molecule has 0 saturated heterocycles. The van der Waals surface area contributed by atoms with Crippen molar-refractivity contribution in [3.8, 4) is 0 Å². The molecule has 1 aromatic carbocycles. The van der Waals surface area contributed by atoms with Crippen LogP contribution in [-0.4, -0.2) is 36.0 Å². The van der Waals surface area contributed by atoms with Crippen LogP contribution in [0.1, 0.15) is 16.9 Å². The number of nitrogens with two attached hydrogens (primary N) is 1. The molecule has 2 N–H and O–H groups in total. The molecule has 4 heteroatoms. The van der Waals surface area contributed by atoms with Gasteiger partial charge in [0.05, 0.1) is 0 Å². The molecule has 0 bridgehead atoms. The van der Waals surface area contributed by atoms with Gasteiger partial charge in [0.15, 0.2) is 0 Å². The minimum Gasteiger partial charge on any atom is -0.364 e. The van der Waals surface area contributed by atoms with E-state index in [1.54, 1.807) is 0 Å². The number of primary amides is 1. The summed E-state index contributed by atoms with van der Waals surface area (Å²) in [5, 5.41) is 1.07. The molecule has 1 heterocycles. The van der Waals surface area contributed by atoms with Gasteiger partial charge in [-0.05, 0) is 39.2 Å². The summed E-state index contributed by atoms with van der Waals surface area (Å²) in [6, 6.07) is 9.85. The zero-order valence-electron chi connectivity index (χ0n) is 10.9. The third-order valence-corrected chi connectivity index (χ3v) is 3.05. The number of aryl methyl sites for hydroxylation is 1. The van der Waals surface area contributed by atoms with Gasteiger partial charge in [0.1, 0.15) is 5.69 Å². The van der Waals surface area contributed by atoms with Crippen molar-refractivity contribution in [2.45, 2.75) is 13.0 Å². The van der Waals surface area contributed by atoms with E-state index in [-0.39, 0.29) is 5.91 Å². The molecule has 0 fully saturated rings. The number of benzene rings is 1. The van der Waals surface area contributed by atoms with Gasteiger partial charge in [0.2, 0.25) is 0 Å². The van der Waals surface area contributed by atoms with Crippen LogP contribution in [0, 0.1) is 0 Å². The number of aromatic nitrogens is 1. The van der Waals surface area contributed by atoms with Gasteiger partial charge >= 0.3 is 0 Å². The Morgan fingerprint density at radius 1 is 1.33 bits per heavy atom. The highest BCUT2D eigenvalue weighted by atomic mass is 16.1. The monoisotopic (exact) mass is 245 g/mol. The zero-order chi connectivity index (χ0) is 13.1. The minimum atomic E-state index is -0.365. The molecule has 18 heavy (non-hydrogen) atoms. The van der Waals surface area contributed by atoms with Crippen LogP contribution in [0.5, 0.6) is 0 Å². The van der Waals surface area contributed by atoms with E-state index in [0.29, 0.717) is 5.69 Å². The Labute approximate surface area is 107 Å². The Morgan fingerprint density at radius 3 is 2.72 bits per heavy atom. The SMILES string of the molecule is CN(C)CCCn1c(C(N)=O)cc2ccccc21. The number of hydrogen-bond donors (Lipinski definition) is 1. The quantitative estimate of drug-likeness (QED) is 0.871. The Bertz CT molecular complexity index is 557. The number of amides is 1. The maximum atomic E-state index is 11.5. The summed E-state index contributed by atoms with van der Waals surface area (Å²) < 4.78 is 2.02. The number of para-hydroxylation sites is 1. The summed E-state index contributed by atoms with van der Waals surface area (Å²) in [5.74, 6) is -0.365. The smallest absolute Gasteiger partial charge is 0.265 e. The lowest BCUT2D eigenvalue weighted by molar-refractivity contribution is 0.0991. The topological polar surface area (TPSA) is 51.3 Å². The number of rotatable bonds is 5. The second kappa shape index (κ2) is 5.23. The third-order valence-electron chi connectivity index (χ3n) is 3.05. The molecule has 1 aromatic heterocycles. The van der Waals surface area contributed by atoms with E-state index in [2.05, 4.69) is 4.90 Å². The van der Waals surface area contributed by atoms with Gasteiger partial charge in [-0.25, -0.2) is 0 Å². The highest BCUT2D eigenvalue weighted by molar-refractivity contribution is 5.97. The van der Waals surface area contributed by atoms with Crippen molar-refractivity contribution in [3.05, 3.63) is 36.0 Å². The molecule has 2 rings (SSSR count). The van der Waals surface area contributed by atoms with Crippen LogP contribution in [0.15, 0.2) is 30.3 Å². The zero-order valence-corrected chi connectivity index (χ0v) is 10.9. The fourth-order valence-corrected chi connectivity index (χ4v) is 2.20. The van der Waals surface area contributed by atoms with E-state index in [4.69, 9.17) is 5.73 Å². The fraction of sp³-hybridized carbons (Fsp3) is 0.357. The third kappa shape index (κ3) is 2.54. The molecule has 0 radical (unpaired) electrons. The molecule has 2 aromatic rings. The van der Waals surface area contributed by atoms with Crippen molar-refractivity contribution >= 4 is 16.8 Å². The van der Waals surface area contributed by atoms with Gasteiger partial charge in [0.25, 0.3) is 5.91 Å². The van der Waals surface area contributed by atoms with Crippen molar-refractivity contribution in [2.24, 2.45) is 5.73 Å². The summed E-state index contributed by atoms with van der Waals surface area (Å²) >= 11 is 0. The van der Waals surface area contributed by atoms with Crippen molar-refractivity contribution in [1.82, 2.24) is 9.47 Å². The predicted octanol–water partition coefficient (Wildman–Crippen LogP) is 1.69. The first kappa shape index (κ1) is 12.6. The number of fused-ring (bicyclic) bond motifs is 1. The maximum absolute atomic E-state index is 11.5. The number of nitrogens with zero attached hydrogens (tertiary/aromatic N) is 2. The minimum absolute atomic E-state index is 0.365. The molecule has 4 nitrogen and oxygen atoms in total. The molecule has 0 unspecified atom stereocenters. The molecular weight excluding hydrogens is 226 g/mol. The number of carbonyl (C=O) groups excluding carboxylic acids is 1. The molecule has 0 aliphatic heterocycles. The van der Waals surface area contributed by atoms with Crippen LogP contribution in [0.2, 0.25) is 0 Å². The van der Waals surface area contributed by atoms with Crippen LogP contribution in [0.3, 0.4) is 0 Å². The van der Waals surface area contributed by atoms with Crippen LogP contribution in [0.25, 0.3) is 10.9 Å². The van der Waals surface area contributed by atoms with Gasteiger partial charge in [-0.1, -0.05) is 18.2 Å². The average molecular weight is 245 g/mol. The second-order valence-corrected chi connectivity index (χ2v) is 4.76. The van der Waals surface area contributed by atoms with Gasteiger partial charge in [-0.2, -0.15) is 0 Å². The molecule has 0 spiro atoms. The van der Waals surface area contributed by atoms with E-state index in [0.717, 1.165) is 30.4 Å². The highest BCUT2D eigenvalue weighted by Crippen LogP contribution is 2.19. The maximum Gasteiger partial charge on any atom is 0.265 e. The Morgan fingerprint density at radius 2 is 2.06 bits per heavy atom. The summed E-state index contributed by atoms with van der Waals surface area (Å²) in [5.41, 5.74) is 7.11. The van der Waals surface area contributed by atoms with E-state index in [1.165, 1.54) is 0 Å². The Balaban J connectivity index is 2.33. The van der Waals surface area contributed by atoms with Crippen LogP contribution >= 0.6 is 0 Å². The molecule has 0 atom stereocenters. The van der Waals surface area contributed by atoms with Gasteiger partial charge in [-0.3, -0.25) is 4.79 Å². The molecule has 0 aliphatic rings. The summed E-state index contributed by atoms with van der Waals surface area (Å²) in [7, 11) is 4.09. The van der Waals surface area contributed by atoms with Gasteiger partial charge < -0.3 is 15.2 Å². The molecular formula is C14H19N3O. The van der Waals surface area contributed by atoms with E-state index in [1.807, 2.05) is 49.0 Å². The first-order chi connectivity index (χ1) is 8.59. The lowest BCUT2D eigenvalue weighted by Crippen LogP contribution is -2.19. The summed E-state index contributed by atoms with van der Waals surface area (Å²) in [6.07, 6.45) is 0.992. The molecule has 0 saturated carbocycles. The summed E-state index contributed by atoms with van der Waals surface area (Å²) in [6.45, 7) is 1.80. The van der Waals surface area contributed by atoms with E-state index >= 15 is 0 Å². The summed E-state index contributed by atoms with van der Waals surface area (Å²) in [4.78, 5) is 13.6. The van der Waals surface area contributed by atoms with Crippen molar-refractivity contribution < 1.29 is 4.79 Å². The molecule has 1 amide bonds.